The number of amides is 1. The Morgan fingerprint density at radius 3 is 2.71 bits per heavy atom. The lowest BCUT2D eigenvalue weighted by Gasteiger charge is -2.17. The first-order valence-corrected chi connectivity index (χ1v) is 8.19. The molecule has 0 saturated carbocycles. The van der Waals surface area contributed by atoms with Gasteiger partial charge in [-0.25, -0.2) is 0 Å². The Hall–Kier alpha value is -1.56. The first-order valence-electron chi connectivity index (χ1n) is 7.37. The first-order chi connectivity index (χ1) is 9.85. The van der Waals surface area contributed by atoms with E-state index in [0.29, 0.717) is 16.5 Å². The predicted molar refractivity (Wildman–Crippen MR) is 88.7 cm³/mol. The fourth-order valence-corrected chi connectivity index (χ4v) is 3.71. The molecule has 0 aromatic carbocycles. The quantitative estimate of drug-likeness (QED) is 0.891. The number of hydrogen-bond donors (Lipinski definition) is 2. The number of nitrogens with two attached hydrogens (primary N) is 1. The van der Waals surface area contributed by atoms with Crippen LogP contribution in [-0.2, 0) is 7.05 Å². The van der Waals surface area contributed by atoms with E-state index in [0.717, 1.165) is 28.8 Å². The van der Waals surface area contributed by atoms with Crippen LogP contribution in [-0.4, -0.2) is 21.7 Å². The second kappa shape index (κ2) is 6.05. The number of anilines is 1. The smallest absolute Gasteiger partial charge is 0.263 e. The van der Waals surface area contributed by atoms with Crippen molar-refractivity contribution < 1.29 is 4.79 Å². The minimum Gasteiger partial charge on any atom is -0.397 e. The van der Waals surface area contributed by atoms with Gasteiger partial charge in [0.05, 0.1) is 16.8 Å². The largest absolute Gasteiger partial charge is 0.397 e. The van der Waals surface area contributed by atoms with E-state index in [9.17, 15) is 4.79 Å². The Balaban J connectivity index is 2.20. The Morgan fingerprint density at radius 2 is 2.14 bits per heavy atom. The third-order valence-electron chi connectivity index (χ3n) is 3.92. The average molecular weight is 308 g/mol. The molecule has 0 radical (unpaired) electrons. The van der Waals surface area contributed by atoms with Gasteiger partial charge < -0.3 is 11.1 Å². The van der Waals surface area contributed by atoms with Gasteiger partial charge in [-0.2, -0.15) is 5.10 Å². The number of aromatic nitrogens is 2. The normalized spacial score (nSPS) is 14.3. The van der Waals surface area contributed by atoms with Gasteiger partial charge >= 0.3 is 0 Å². The van der Waals surface area contributed by atoms with Gasteiger partial charge in [0.1, 0.15) is 9.71 Å². The molecule has 2 unspecified atom stereocenters. The summed E-state index contributed by atoms with van der Waals surface area (Å²) in [7, 11) is 1.87. The first kappa shape index (κ1) is 15.8. The predicted octanol–water partition coefficient (Wildman–Crippen LogP) is 3.08. The number of fused-ring (bicyclic) bond motifs is 1. The maximum atomic E-state index is 12.4. The van der Waals surface area contributed by atoms with Crippen molar-refractivity contribution in [2.75, 3.05) is 5.73 Å². The average Bonchev–Trinajstić information content (AvgIpc) is 2.89. The van der Waals surface area contributed by atoms with Crippen LogP contribution in [0.5, 0.6) is 0 Å². The summed E-state index contributed by atoms with van der Waals surface area (Å²) in [6.45, 7) is 8.32. The maximum absolute atomic E-state index is 12.4. The minimum atomic E-state index is -0.0797. The molecular weight excluding hydrogens is 284 g/mol. The van der Waals surface area contributed by atoms with Crippen LogP contribution in [0.15, 0.2) is 0 Å². The van der Waals surface area contributed by atoms with E-state index >= 15 is 0 Å². The van der Waals surface area contributed by atoms with Crippen molar-refractivity contribution in [2.45, 2.75) is 46.6 Å². The minimum absolute atomic E-state index is 0.0797. The van der Waals surface area contributed by atoms with Crippen LogP contribution in [0, 0.1) is 12.8 Å². The zero-order valence-corrected chi connectivity index (χ0v) is 14.2. The van der Waals surface area contributed by atoms with Crippen molar-refractivity contribution in [3.8, 4) is 0 Å². The molecule has 21 heavy (non-hydrogen) atoms. The number of nitrogens with zero attached hydrogens (tertiary/aromatic N) is 2. The highest BCUT2D eigenvalue weighted by atomic mass is 32.1. The number of nitrogens with one attached hydrogen (secondary N) is 1. The summed E-state index contributed by atoms with van der Waals surface area (Å²) >= 11 is 1.41. The van der Waals surface area contributed by atoms with Gasteiger partial charge in [0.15, 0.2) is 0 Å². The molecule has 0 aliphatic heterocycles. The topological polar surface area (TPSA) is 72.9 Å². The van der Waals surface area contributed by atoms with Crippen LogP contribution < -0.4 is 11.1 Å². The highest BCUT2D eigenvalue weighted by molar-refractivity contribution is 7.21. The molecule has 0 aliphatic rings. The molecule has 6 heteroatoms. The van der Waals surface area contributed by atoms with Crippen LogP contribution in [0.4, 0.5) is 5.69 Å². The maximum Gasteiger partial charge on any atom is 0.263 e. The van der Waals surface area contributed by atoms with E-state index < -0.39 is 0 Å². The summed E-state index contributed by atoms with van der Waals surface area (Å²) < 4.78 is 1.78. The molecule has 5 nitrogen and oxygen atoms in total. The monoisotopic (exact) mass is 308 g/mol. The molecular formula is C15H24N4OS. The number of nitrogen functional groups attached to an aromatic ring is 1. The van der Waals surface area contributed by atoms with Crippen molar-refractivity contribution in [3.05, 3.63) is 10.6 Å². The SMILES string of the molecule is CCC(C)CC(C)NC(=O)c1sc2c(c(C)nn2C)c1N. The second-order valence-electron chi connectivity index (χ2n) is 5.86. The summed E-state index contributed by atoms with van der Waals surface area (Å²) in [6, 6.07) is 0.149. The molecule has 2 heterocycles. The molecule has 0 fully saturated rings. The van der Waals surface area contributed by atoms with Gasteiger partial charge in [0, 0.05) is 13.1 Å². The van der Waals surface area contributed by atoms with Crippen LogP contribution >= 0.6 is 11.3 Å². The Bertz CT molecular complexity index is 658. The van der Waals surface area contributed by atoms with Gasteiger partial charge in [-0.05, 0) is 26.2 Å². The molecule has 0 spiro atoms. The third-order valence-corrected chi connectivity index (χ3v) is 5.19. The summed E-state index contributed by atoms with van der Waals surface area (Å²) in [6.07, 6.45) is 2.10. The van der Waals surface area contributed by atoms with E-state index in [1.807, 2.05) is 20.9 Å². The molecule has 0 aliphatic carbocycles. The third kappa shape index (κ3) is 3.05. The summed E-state index contributed by atoms with van der Waals surface area (Å²) in [5.74, 6) is 0.524. The second-order valence-corrected chi connectivity index (χ2v) is 6.86. The van der Waals surface area contributed by atoms with Crippen molar-refractivity contribution in [1.29, 1.82) is 0 Å². The van der Waals surface area contributed by atoms with Gasteiger partial charge in [0.2, 0.25) is 0 Å². The van der Waals surface area contributed by atoms with Crippen LogP contribution in [0.2, 0.25) is 0 Å². The lowest BCUT2D eigenvalue weighted by atomic mass is 10.0. The standard InChI is InChI=1S/C15H24N4OS/c1-6-8(2)7-9(3)17-14(20)13-12(16)11-10(4)18-19(5)15(11)21-13/h8-9H,6-7,16H2,1-5H3,(H,17,20). The molecule has 116 valence electrons. The number of hydrogen-bond acceptors (Lipinski definition) is 4. The number of rotatable bonds is 5. The molecule has 2 rings (SSSR count). The van der Waals surface area contributed by atoms with E-state index in [4.69, 9.17) is 5.73 Å². The summed E-state index contributed by atoms with van der Waals surface area (Å²) in [5, 5.41) is 8.30. The van der Waals surface area contributed by atoms with Crippen molar-refractivity contribution in [1.82, 2.24) is 15.1 Å². The Morgan fingerprint density at radius 1 is 1.48 bits per heavy atom. The van der Waals surface area contributed by atoms with E-state index in [1.54, 1.807) is 4.68 Å². The van der Waals surface area contributed by atoms with E-state index in [1.165, 1.54) is 11.3 Å². The van der Waals surface area contributed by atoms with Crippen LogP contribution in [0.3, 0.4) is 0 Å². The fourth-order valence-electron chi connectivity index (χ4n) is 2.62. The molecule has 2 atom stereocenters. The molecule has 3 N–H and O–H groups in total. The van der Waals surface area contributed by atoms with Crippen molar-refractivity contribution in [2.24, 2.45) is 13.0 Å². The number of carbonyl (C=O) groups excluding carboxylic acids is 1. The van der Waals surface area contributed by atoms with Crippen molar-refractivity contribution >= 4 is 33.1 Å². The lowest BCUT2D eigenvalue weighted by molar-refractivity contribution is 0.0940. The molecule has 0 bridgehead atoms. The van der Waals surface area contributed by atoms with Crippen LogP contribution in [0.1, 0.15) is 49.0 Å². The van der Waals surface area contributed by atoms with Crippen LogP contribution in [0.25, 0.3) is 10.2 Å². The zero-order valence-electron chi connectivity index (χ0n) is 13.4. The number of carbonyl (C=O) groups is 1. The zero-order chi connectivity index (χ0) is 15.7. The number of aryl methyl sites for hydroxylation is 2. The highest BCUT2D eigenvalue weighted by Gasteiger charge is 2.22. The van der Waals surface area contributed by atoms with Crippen molar-refractivity contribution in [3.63, 3.8) is 0 Å². The Kier molecular flexibility index (Phi) is 4.56. The van der Waals surface area contributed by atoms with Gasteiger partial charge in [0.25, 0.3) is 5.91 Å². The van der Waals surface area contributed by atoms with E-state index in [-0.39, 0.29) is 11.9 Å². The lowest BCUT2D eigenvalue weighted by Crippen LogP contribution is -2.33. The molecule has 2 aromatic rings. The van der Waals surface area contributed by atoms with Gasteiger partial charge in [-0.15, -0.1) is 11.3 Å². The fraction of sp³-hybridized carbons (Fsp3) is 0.600. The highest BCUT2D eigenvalue weighted by Crippen LogP contribution is 2.35. The van der Waals surface area contributed by atoms with Gasteiger partial charge in [-0.1, -0.05) is 20.3 Å². The Labute approximate surface area is 129 Å². The number of thiophene rings is 1. The summed E-state index contributed by atoms with van der Waals surface area (Å²) in [5.41, 5.74) is 7.57. The molecule has 1 amide bonds. The summed E-state index contributed by atoms with van der Waals surface area (Å²) in [4.78, 5) is 14.0. The van der Waals surface area contributed by atoms with Gasteiger partial charge in [-0.3, -0.25) is 9.48 Å². The molecule has 2 aromatic heterocycles. The molecule has 0 saturated heterocycles. The van der Waals surface area contributed by atoms with E-state index in [2.05, 4.69) is 24.3 Å².